The third kappa shape index (κ3) is 5.13. The Balaban J connectivity index is 1.69. The zero-order chi connectivity index (χ0) is 19.9. The molecule has 0 aliphatic carbocycles. The van der Waals surface area contributed by atoms with Crippen molar-refractivity contribution < 1.29 is 9.53 Å². The average Bonchev–Trinajstić information content (AvgIpc) is 3.09. The van der Waals surface area contributed by atoms with Crippen molar-refractivity contribution in [1.82, 2.24) is 9.38 Å². The summed E-state index contributed by atoms with van der Waals surface area (Å²) in [5, 5.41) is 0. The number of ether oxygens (including phenoxy) is 1. The lowest BCUT2D eigenvalue weighted by atomic mass is 10.1. The van der Waals surface area contributed by atoms with Gasteiger partial charge in [-0.25, -0.2) is 4.79 Å². The van der Waals surface area contributed by atoms with Gasteiger partial charge in [-0.05, 0) is 65.2 Å². The number of rotatable bonds is 9. The van der Waals surface area contributed by atoms with Crippen LogP contribution in [0.3, 0.4) is 0 Å². The van der Waals surface area contributed by atoms with Crippen LogP contribution in [-0.4, -0.2) is 28.4 Å². The van der Waals surface area contributed by atoms with Crippen molar-refractivity contribution in [3.05, 3.63) is 58.8 Å². The molecule has 6 heteroatoms. The van der Waals surface area contributed by atoms with E-state index in [9.17, 15) is 4.79 Å². The van der Waals surface area contributed by atoms with Gasteiger partial charge in [-0.3, -0.25) is 0 Å². The number of benzene rings is 1. The quantitative estimate of drug-likeness (QED) is 0.396. The van der Waals surface area contributed by atoms with Crippen LogP contribution in [0.2, 0.25) is 0 Å². The van der Waals surface area contributed by atoms with Gasteiger partial charge in [0.2, 0.25) is 5.88 Å². The van der Waals surface area contributed by atoms with E-state index in [1.54, 1.807) is 6.20 Å². The molecule has 0 bridgehead atoms. The second-order valence-corrected chi connectivity index (χ2v) is 7.74. The Bertz CT molecular complexity index is 913. The minimum atomic E-state index is -0.400. The van der Waals surface area contributed by atoms with E-state index in [-0.39, 0.29) is 0 Å². The van der Waals surface area contributed by atoms with Crippen molar-refractivity contribution >= 4 is 33.2 Å². The van der Waals surface area contributed by atoms with Crippen molar-refractivity contribution in [3.8, 4) is 5.88 Å². The number of carbonyl (C=O) groups excluding carboxylic acids is 1. The van der Waals surface area contributed by atoms with Gasteiger partial charge in [0, 0.05) is 29.4 Å². The number of esters is 1. The minimum Gasteiger partial charge on any atom is -0.402 e. The summed E-state index contributed by atoms with van der Waals surface area (Å²) in [7, 11) is 0. The molecule has 28 heavy (non-hydrogen) atoms. The van der Waals surface area contributed by atoms with E-state index < -0.39 is 5.97 Å². The Morgan fingerprint density at radius 2 is 1.71 bits per heavy atom. The molecule has 2 heterocycles. The van der Waals surface area contributed by atoms with Gasteiger partial charge in [-0.1, -0.05) is 26.7 Å². The number of fused-ring (bicyclic) bond motifs is 1. The second-order valence-electron chi connectivity index (χ2n) is 6.82. The Morgan fingerprint density at radius 1 is 1.04 bits per heavy atom. The standard InChI is InChI=1S/C22H26BrN3O2/c1-3-5-13-25(14-6-4-2)19-10-7-17(8-11-19)22(27)28-21-16-26-15-18(23)9-12-20(26)24-21/h7-12,15-16H,3-6,13-14H2,1-2H3. The maximum atomic E-state index is 12.5. The van der Waals surface area contributed by atoms with E-state index in [1.807, 2.05) is 47.0 Å². The number of hydrogen-bond acceptors (Lipinski definition) is 4. The number of unbranched alkanes of at least 4 members (excludes halogenated alkanes) is 2. The smallest absolute Gasteiger partial charge is 0.344 e. The molecular weight excluding hydrogens is 418 g/mol. The monoisotopic (exact) mass is 443 g/mol. The van der Waals surface area contributed by atoms with E-state index in [4.69, 9.17) is 4.74 Å². The maximum Gasteiger partial charge on any atom is 0.344 e. The van der Waals surface area contributed by atoms with Crippen molar-refractivity contribution in [3.63, 3.8) is 0 Å². The SMILES string of the molecule is CCCCN(CCCC)c1ccc(C(=O)Oc2cn3cc(Br)ccc3n2)cc1. The zero-order valence-electron chi connectivity index (χ0n) is 16.4. The van der Waals surface area contributed by atoms with E-state index in [2.05, 4.69) is 39.7 Å². The van der Waals surface area contributed by atoms with Gasteiger partial charge in [0.05, 0.1) is 11.8 Å². The van der Waals surface area contributed by atoms with E-state index in [0.717, 1.165) is 41.7 Å². The maximum absolute atomic E-state index is 12.5. The van der Waals surface area contributed by atoms with Crippen LogP contribution in [0.15, 0.2) is 53.3 Å². The molecule has 3 aromatic rings. The molecule has 148 valence electrons. The zero-order valence-corrected chi connectivity index (χ0v) is 18.0. The summed E-state index contributed by atoms with van der Waals surface area (Å²) in [6.07, 6.45) is 8.24. The molecule has 0 saturated carbocycles. The van der Waals surface area contributed by atoms with Crippen LogP contribution in [-0.2, 0) is 0 Å². The summed E-state index contributed by atoms with van der Waals surface area (Å²) in [6.45, 7) is 6.48. The highest BCUT2D eigenvalue weighted by Gasteiger charge is 2.13. The first-order valence-electron chi connectivity index (χ1n) is 9.82. The third-order valence-electron chi connectivity index (χ3n) is 4.62. The van der Waals surface area contributed by atoms with E-state index in [1.165, 1.54) is 12.8 Å². The number of hydrogen-bond donors (Lipinski definition) is 0. The highest BCUT2D eigenvalue weighted by molar-refractivity contribution is 9.10. The molecule has 0 atom stereocenters. The van der Waals surface area contributed by atoms with Crippen LogP contribution in [0.5, 0.6) is 5.88 Å². The molecule has 0 N–H and O–H groups in total. The number of halogens is 1. The summed E-state index contributed by atoms with van der Waals surface area (Å²) in [5.41, 5.74) is 2.40. The largest absolute Gasteiger partial charge is 0.402 e. The fraction of sp³-hybridized carbons (Fsp3) is 0.364. The summed E-state index contributed by atoms with van der Waals surface area (Å²) in [5.74, 6) is -0.109. The fourth-order valence-corrected chi connectivity index (χ4v) is 3.37. The number of nitrogens with zero attached hydrogens (tertiary/aromatic N) is 3. The molecular formula is C22H26BrN3O2. The predicted octanol–water partition coefficient (Wildman–Crippen LogP) is 5.72. The number of carbonyl (C=O) groups is 1. The molecule has 2 aromatic heterocycles. The first kappa shape index (κ1) is 20.4. The molecule has 5 nitrogen and oxygen atoms in total. The molecule has 1 aromatic carbocycles. The van der Waals surface area contributed by atoms with Crippen LogP contribution in [0.4, 0.5) is 5.69 Å². The highest BCUT2D eigenvalue weighted by Crippen LogP contribution is 2.20. The van der Waals surface area contributed by atoms with Gasteiger partial charge in [-0.2, -0.15) is 4.98 Å². The van der Waals surface area contributed by atoms with Crippen LogP contribution < -0.4 is 9.64 Å². The molecule has 0 aliphatic rings. The molecule has 0 amide bonds. The second kappa shape index (κ2) is 9.73. The minimum absolute atomic E-state index is 0.291. The fourth-order valence-electron chi connectivity index (χ4n) is 3.02. The van der Waals surface area contributed by atoms with Crippen molar-refractivity contribution in [2.45, 2.75) is 39.5 Å². The van der Waals surface area contributed by atoms with Crippen LogP contribution in [0.25, 0.3) is 5.65 Å². The topological polar surface area (TPSA) is 46.8 Å². The van der Waals surface area contributed by atoms with Crippen LogP contribution >= 0.6 is 15.9 Å². The summed E-state index contributed by atoms with van der Waals surface area (Å²) >= 11 is 3.42. The lowest BCUT2D eigenvalue weighted by Gasteiger charge is -2.24. The highest BCUT2D eigenvalue weighted by atomic mass is 79.9. The van der Waals surface area contributed by atoms with Gasteiger partial charge in [0.1, 0.15) is 5.65 Å². The Morgan fingerprint density at radius 3 is 2.36 bits per heavy atom. The number of imidazole rings is 1. The van der Waals surface area contributed by atoms with Gasteiger partial charge in [0.15, 0.2) is 0 Å². The molecule has 0 saturated heterocycles. The predicted molar refractivity (Wildman–Crippen MR) is 116 cm³/mol. The van der Waals surface area contributed by atoms with Gasteiger partial charge in [-0.15, -0.1) is 0 Å². The summed E-state index contributed by atoms with van der Waals surface area (Å²) < 4.78 is 8.20. The van der Waals surface area contributed by atoms with Crippen LogP contribution in [0.1, 0.15) is 49.9 Å². The molecule has 0 aliphatic heterocycles. The Hall–Kier alpha value is -2.34. The van der Waals surface area contributed by atoms with Crippen molar-refractivity contribution in [2.75, 3.05) is 18.0 Å². The van der Waals surface area contributed by atoms with Crippen molar-refractivity contribution in [1.29, 1.82) is 0 Å². The number of pyridine rings is 1. The van der Waals surface area contributed by atoms with Crippen LogP contribution in [0, 0.1) is 0 Å². The summed E-state index contributed by atoms with van der Waals surface area (Å²) in [6, 6.07) is 11.4. The van der Waals surface area contributed by atoms with Gasteiger partial charge < -0.3 is 14.0 Å². The molecule has 0 spiro atoms. The molecule has 0 unspecified atom stereocenters. The Kier molecular flexibility index (Phi) is 7.09. The summed E-state index contributed by atoms with van der Waals surface area (Å²) in [4.78, 5) is 19.2. The lowest BCUT2D eigenvalue weighted by molar-refractivity contribution is 0.0728. The first-order chi connectivity index (χ1) is 13.6. The van der Waals surface area contributed by atoms with E-state index >= 15 is 0 Å². The molecule has 0 radical (unpaired) electrons. The Labute approximate surface area is 174 Å². The van der Waals surface area contributed by atoms with Crippen molar-refractivity contribution in [2.24, 2.45) is 0 Å². The number of aromatic nitrogens is 2. The number of anilines is 1. The molecule has 3 rings (SSSR count). The van der Waals surface area contributed by atoms with Gasteiger partial charge in [0.25, 0.3) is 0 Å². The van der Waals surface area contributed by atoms with E-state index in [0.29, 0.717) is 11.4 Å². The first-order valence-corrected chi connectivity index (χ1v) is 10.6. The normalized spacial score (nSPS) is 11.0. The lowest BCUT2D eigenvalue weighted by Crippen LogP contribution is -2.25. The molecule has 0 fully saturated rings. The van der Waals surface area contributed by atoms with Gasteiger partial charge >= 0.3 is 5.97 Å². The average molecular weight is 444 g/mol. The third-order valence-corrected chi connectivity index (χ3v) is 5.09.